The van der Waals surface area contributed by atoms with Gasteiger partial charge >= 0.3 is 0 Å². The fourth-order valence-corrected chi connectivity index (χ4v) is 3.91. The lowest BCUT2D eigenvalue weighted by atomic mass is 10.1. The molecule has 17 heavy (non-hydrogen) atoms. The second-order valence-electron chi connectivity index (χ2n) is 4.97. The summed E-state index contributed by atoms with van der Waals surface area (Å²) in [6.07, 6.45) is 3.92. The van der Waals surface area contributed by atoms with Gasteiger partial charge < -0.3 is 5.32 Å². The van der Waals surface area contributed by atoms with Crippen molar-refractivity contribution in [2.24, 2.45) is 5.92 Å². The van der Waals surface area contributed by atoms with E-state index in [2.05, 4.69) is 61.3 Å². The first-order valence-corrected chi connectivity index (χ1v) is 7.64. The molecule has 1 aliphatic carbocycles. The SMILES string of the molecule is CCCNC1CCC(Sc2ccccc2)C1C. The molecule has 1 aromatic rings. The Hall–Kier alpha value is -0.470. The maximum atomic E-state index is 3.68. The van der Waals surface area contributed by atoms with Crippen LogP contribution in [0.15, 0.2) is 35.2 Å². The summed E-state index contributed by atoms with van der Waals surface area (Å²) >= 11 is 2.06. The van der Waals surface area contributed by atoms with Crippen LogP contribution in [0.5, 0.6) is 0 Å². The van der Waals surface area contributed by atoms with Gasteiger partial charge in [0.2, 0.25) is 0 Å². The summed E-state index contributed by atoms with van der Waals surface area (Å²) < 4.78 is 0. The van der Waals surface area contributed by atoms with E-state index in [1.165, 1.54) is 24.2 Å². The lowest BCUT2D eigenvalue weighted by Crippen LogP contribution is -2.33. The first-order chi connectivity index (χ1) is 8.31. The molecule has 1 saturated carbocycles. The van der Waals surface area contributed by atoms with Gasteiger partial charge in [-0.1, -0.05) is 32.0 Å². The van der Waals surface area contributed by atoms with E-state index in [9.17, 15) is 0 Å². The lowest BCUT2D eigenvalue weighted by molar-refractivity contribution is 0.432. The summed E-state index contributed by atoms with van der Waals surface area (Å²) in [6, 6.07) is 11.5. The average Bonchev–Trinajstić information content (AvgIpc) is 2.70. The van der Waals surface area contributed by atoms with E-state index in [0.29, 0.717) is 0 Å². The minimum atomic E-state index is 0.733. The van der Waals surface area contributed by atoms with Crippen molar-refractivity contribution in [2.45, 2.75) is 49.3 Å². The topological polar surface area (TPSA) is 12.0 Å². The van der Waals surface area contributed by atoms with Gasteiger partial charge in [0.25, 0.3) is 0 Å². The molecule has 2 heteroatoms. The van der Waals surface area contributed by atoms with E-state index in [4.69, 9.17) is 0 Å². The maximum absolute atomic E-state index is 3.68. The molecule has 1 N–H and O–H groups in total. The highest BCUT2D eigenvalue weighted by Crippen LogP contribution is 2.38. The highest BCUT2D eigenvalue weighted by atomic mass is 32.2. The fraction of sp³-hybridized carbons (Fsp3) is 0.600. The number of hydrogen-bond donors (Lipinski definition) is 1. The summed E-state index contributed by atoms with van der Waals surface area (Å²) in [6.45, 7) is 5.81. The molecule has 0 spiro atoms. The molecule has 0 heterocycles. The van der Waals surface area contributed by atoms with Crippen LogP contribution in [0.4, 0.5) is 0 Å². The molecule has 1 fully saturated rings. The standard InChI is InChI=1S/C15H23NS/c1-3-11-16-14-9-10-15(12(14)2)17-13-7-5-4-6-8-13/h4-8,12,14-16H,3,9-11H2,1-2H3. The van der Waals surface area contributed by atoms with Gasteiger partial charge in [0.1, 0.15) is 0 Å². The van der Waals surface area contributed by atoms with Crippen molar-refractivity contribution < 1.29 is 0 Å². The highest BCUT2D eigenvalue weighted by Gasteiger charge is 2.32. The first kappa shape index (κ1) is 13.0. The summed E-state index contributed by atoms with van der Waals surface area (Å²) in [4.78, 5) is 1.42. The predicted octanol–water partition coefficient (Wildman–Crippen LogP) is 3.95. The minimum absolute atomic E-state index is 0.733. The summed E-state index contributed by atoms with van der Waals surface area (Å²) in [5, 5.41) is 4.47. The molecule has 0 saturated heterocycles. The third-order valence-corrected chi connectivity index (χ3v) is 5.18. The van der Waals surface area contributed by atoms with Crippen molar-refractivity contribution in [1.29, 1.82) is 0 Å². The van der Waals surface area contributed by atoms with Gasteiger partial charge in [0.15, 0.2) is 0 Å². The largest absolute Gasteiger partial charge is 0.314 e. The van der Waals surface area contributed by atoms with Gasteiger partial charge in [-0.25, -0.2) is 0 Å². The van der Waals surface area contributed by atoms with Crippen molar-refractivity contribution in [3.63, 3.8) is 0 Å². The van der Waals surface area contributed by atoms with Gasteiger partial charge in [0.05, 0.1) is 0 Å². The Morgan fingerprint density at radius 3 is 2.71 bits per heavy atom. The Morgan fingerprint density at radius 1 is 1.24 bits per heavy atom. The van der Waals surface area contributed by atoms with Gasteiger partial charge in [-0.3, -0.25) is 0 Å². The summed E-state index contributed by atoms with van der Waals surface area (Å²) in [7, 11) is 0. The Bertz CT molecular complexity index is 325. The molecule has 3 atom stereocenters. The Kier molecular flexibility index (Phi) is 4.93. The molecule has 0 amide bonds. The first-order valence-electron chi connectivity index (χ1n) is 6.76. The lowest BCUT2D eigenvalue weighted by Gasteiger charge is -2.21. The van der Waals surface area contributed by atoms with Crippen molar-refractivity contribution in [3.8, 4) is 0 Å². The Morgan fingerprint density at radius 2 is 2.00 bits per heavy atom. The molecule has 1 aromatic carbocycles. The number of nitrogens with one attached hydrogen (secondary N) is 1. The van der Waals surface area contributed by atoms with Crippen LogP contribution in [-0.4, -0.2) is 17.8 Å². The molecule has 3 unspecified atom stereocenters. The molecule has 0 radical (unpaired) electrons. The number of rotatable bonds is 5. The van der Waals surface area contributed by atoms with Crippen molar-refractivity contribution >= 4 is 11.8 Å². The smallest absolute Gasteiger partial charge is 0.0135 e. The molecule has 94 valence electrons. The van der Waals surface area contributed by atoms with Crippen LogP contribution in [0.3, 0.4) is 0 Å². The number of benzene rings is 1. The zero-order valence-electron chi connectivity index (χ0n) is 10.9. The molecule has 1 nitrogen and oxygen atoms in total. The van der Waals surface area contributed by atoms with Crippen LogP contribution in [0.2, 0.25) is 0 Å². The van der Waals surface area contributed by atoms with Gasteiger partial charge in [-0.2, -0.15) is 0 Å². The predicted molar refractivity (Wildman–Crippen MR) is 76.6 cm³/mol. The molecule has 0 bridgehead atoms. The second-order valence-corrected chi connectivity index (χ2v) is 6.28. The third kappa shape index (κ3) is 3.49. The van der Waals surface area contributed by atoms with E-state index in [1.807, 2.05) is 0 Å². The van der Waals surface area contributed by atoms with E-state index in [0.717, 1.165) is 23.8 Å². The van der Waals surface area contributed by atoms with Gasteiger partial charge in [0, 0.05) is 16.2 Å². The average molecular weight is 249 g/mol. The van der Waals surface area contributed by atoms with E-state index in [1.54, 1.807) is 0 Å². The van der Waals surface area contributed by atoms with Gasteiger partial charge in [-0.05, 0) is 43.9 Å². The Labute approximate surface area is 109 Å². The molecule has 2 rings (SSSR count). The zero-order valence-corrected chi connectivity index (χ0v) is 11.7. The van der Waals surface area contributed by atoms with Crippen LogP contribution < -0.4 is 5.32 Å². The minimum Gasteiger partial charge on any atom is -0.314 e. The molecular formula is C15H23NS. The van der Waals surface area contributed by atoms with Crippen LogP contribution in [-0.2, 0) is 0 Å². The van der Waals surface area contributed by atoms with Crippen LogP contribution >= 0.6 is 11.8 Å². The fourth-order valence-electron chi connectivity index (χ4n) is 2.59. The van der Waals surface area contributed by atoms with Crippen molar-refractivity contribution in [2.75, 3.05) is 6.54 Å². The van der Waals surface area contributed by atoms with Crippen LogP contribution in [0.1, 0.15) is 33.1 Å². The van der Waals surface area contributed by atoms with E-state index >= 15 is 0 Å². The molecule has 0 aromatic heterocycles. The number of thioether (sulfide) groups is 1. The summed E-state index contributed by atoms with van der Waals surface area (Å²) in [5.41, 5.74) is 0. The molecule has 1 aliphatic rings. The molecular weight excluding hydrogens is 226 g/mol. The van der Waals surface area contributed by atoms with Crippen LogP contribution in [0.25, 0.3) is 0 Å². The van der Waals surface area contributed by atoms with Gasteiger partial charge in [-0.15, -0.1) is 11.8 Å². The third-order valence-electron chi connectivity index (χ3n) is 3.67. The normalized spacial score (nSPS) is 28.5. The van der Waals surface area contributed by atoms with E-state index < -0.39 is 0 Å². The van der Waals surface area contributed by atoms with Crippen LogP contribution in [0, 0.1) is 5.92 Å². The highest BCUT2D eigenvalue weighted by molar-refractivity contribution is 8.00. The Balaban J connectivity index is 1.87. The maximum Gasteiger partial charge on any atom is 0.0135 e. The second kappa shape index (κ2) is 6.46. The zero-order chi connectivity index (χ0) is 12.1. The quantitative estimate of drug-likeness (QED) is 0.848. The van der Waals surface area contributed by atoms with Crippen molar-refractivity contribution in [3.05, 3.63) is 30.3 Å². The number of hydrogen-bond acceptors (Lipinski definition) is 2. The van der Waals surface area contributed by atoms with E-state index in [-0.39, 0.29) is 0 Å². The van der Waals surface area contributed by atoms with Crippen molar-refractivity contribution in [1.82, 2.24) is 5.32 Å². The summed E-state index contributed by atoms with van der Waals surface area (Å²) in [5.74, 6) is 0.784. The molecule has 0 aliphatic heterocycles. The monoisotopic (exact) mass is 249 g/mol.